The summed E-state index contributed by atoms with van der Waals surface area (Å²) < 4.78 is 5.70. The molecule has 3 heterocycles. The highest BCUT2D eigenvalue weighted by atomic mass is 32.1. The lowest BCUT2D eigenvalue weighted by Crippen LogP contribution is -2.58. The van der Waals surface area contributed by atoms with Gasteiger partial charge in [0.2, 0.25) is 0 Å². The smallest absolute Gasteiger partial charge is 0.317 e. The van der Waals surface area contributed by atoms with Gasteiger partial charge in [-0.2, -0.15) is 0 Å². The van der Waals surface area contributed by atoms with Crippen molar-refractivity contribution in [3.8, 4) is 5.75 Å². The topological polar surface area (TPSA) is 54.5 Å². The highest BCUT2D eigenvalue weighted by Gasteiger charge is 2.32. The fraction of sp³-hybridized carbons (Fsp3) is 0.286. The van der Waals surface area contributed by atoms with Gasteiger partial charge in [0.05, 0.1) is 25.8 Å². The van der Waals surface area contributed by atoms with Gasteiger partial charge in [-0.3, -0.25) is 4.98 Å². The highest BCUT2D eigenvalue weighted by Crippen LogP contribution is 2.17. The molecule has 0 atom stereocenters. The molecule has 0 radical (unpaired) electrons. The van der Waals surface area contributed by atoms with Crippen molar-refractivity contribution in [1.29, 1.82) is 0 Å². The lowest BCUT2D eigenvalue weighted by atomic mass is 10.2. The van der Waals surface area contributed by atoms with Gasteiger partial charge >= 0.3 is 6.03 Å². The van der Waals surface area contributed by atoms with E-state index < -0.39 is 0 Å². The van der Waals surface area contributed by atoms with Gasteiger partial charge in [-0.05, 0) is 23.6 Å². The molecule has 104 valence electrons. The van der Waals surface area contributed by atoms with Crippen LogP contribution in [0.4, 0.5) is 4.79 Å². The molecule has 3 rings (SSSR count). The van der Waals surface area contributed by atoms with Crippen LogP contribution in [-0.2, 0) is 6.54 Å². The minimum Gasteiger partial charge on any atom is -0.485 e. The van der Waals surface area contributed by atoms with E-state index in [1.54, 1.807) is 28.6 Å². The number of carbonyl (C=O) groups is 1. The van der Waals surface area contributed by atoms with Crippen molar-refractivity contribution in [3.05, 3.63) is 46.9 Å². The summed E-state index contributed by atoms with van der Waals surface area (Å²) in [6.07, 6.45) is 3.45. The molecule has 0 aromatic carbocycles. The number of nitrogens with one attached hydrogen (secondary N) is 1. The molecule has 0 bridgehead atoms. The van der Waals surface area contributed by atoms with Crippen LogP contribution in [0.5, 0.6) is 5.75 Å². The van der Waals surface area contributed by atoms with E-state index >= 15 is 0 Å². The number of pyridine rings is 1. The summed E-state index contributed by atoms with van der Waals surface area (Å²) >= 11 is 1.64. The normalized spacial score (nSPS) is 14.7. The molecule has 2 aromatic heterocycles. The molecule has 5 nitrogen and oxygen atoms in total. The SMILES string of the molecule is O=C(NCc1cccs1)N1CC(Oc2cccnc2)C1. The Morgan fingerprint density at radius 3 is 3.05 bits per heavy atom. The molecule has 0 spiro atoms. The first-order valence-electron chi connectivity index (χ1n) is 6.43. The first-order valence-corrected chi connectivity index (χ1v) is 7.31. The molecule has 6 heteroatoms. The number of likely N-dealkylation sites (tertiary alicyclic amines) is 1. The molecule has 1 aliphatic rings. The van der Waals surface area contributed by atoms with Crippen LogP contribution in [0, 0.1) is 0 Å². The van der Waals surface area contributed by atoms with Crippen molar-refractivity contribution >= 4 is 17.4 Å². The maximum Gasteiger partial charge on any atom is 0.317 e. The fourth-order valence-corrected chi connectivity index (χ4v) is 2.62. The molecule has 2 aromatic rings. The average Bonchev–Trinajstić information content (AvgIpc) is 2.94. The van der Waals surface area contributed by atoms with E-state index in [4.69, 9.17) is 4.74 Å². The number of urea groups is 1. The summed E-state index contributed by atoms with van der Waals surface area (Å²) in [5, 5.41) is 4.90. The third kappa shape index (κ3) is 3.08. The number of carbonyl (C=O) groups excluding carboxylic acids is 1. The highest BCUT2D eigenvalue weighted by molar-refractivity contribution is 7.09. The lowest BCUT2D eigenvalue weighted by molar-refractivity contribution is 0.0441. The molecule has 1 fully saturated rings. The van der Waals surface area contributed by atoms with Crippen LogP contribution < -0.4 is 10.1 Å². The number of ether oxygens (including phenoxy) is 1. The first kappa shape index (κ1) is 12.9. The van der Waals surface area contributed by atoms with E-state index in [1.165, 1.54) is 0 Å². The Morgan fingerprint density at radius 2 is 2.35 bits per heavy atom. The summed E-state index contributed by atoms with van der Waals surface area (Å²) in [5.41, 5.74) is 0. The van der Waals surface area contributed by atoms with Gasteiger partial charge in [-0.25, -0.2) is 4.79 Å². The zero-order chi connectivity index (χ0) is 13.8. The largest absolute Gasteiger partial charge is 0.485 e. The Labute approximate surface area is 121 Å². The van der Waals surface area contributed by atoms with Crippen LogP contribution in [0.2, 0.25) is 0 Å². The van der Waals surface area contributed by atoms with Crippen molar-refractivity contribution in [1.82, 2.24) is 15.2 Å². The molecule has 1 aliphatic heterocycles. The van der Waals surface area contributed by atoms with Gasteiger partial charge in [-0.15, -0.1) is 11.3 Å². The molecule has 0 saturated carbocycles. The third-order valence-corrected chi connectivity index (χ3v) is 3.94. The summed E-state index contributed by atoms with van der Waals surface area (Å²) in [6, 6.07) is 7.65. The van der Waals surface area contributed by atoms with E-state index in [9.17, 15) is 4.79 Å². The van der Waals surface area contributed by atoms with E-state index in [1.807, 2.05) is 29.6 Å². The predicted molar refractivity (Wildman–Crippen MR) is 76.8 cm³/mol. The zero-order valence-corrected chi connectivity index (χ0v) is 11.7. The molecule has 20 heavy (non-hydrogen) atoms. The quantitative estimate of drug-likeness (QED) is 0.938. The monoisotopic (exact) mass is 289 g/mol. The van der Waals surface area contributed by atoms with E-state index in [0.29, 0.717) is 19.6 Å². The van der Waals surface area contributed by atoms with E-state index in [0.717, 1.165) is 10.6 Å². The number of hydrogen-bond donors (Lipinski definition) is 1. The maximum absolute atomic E-state index is 11.9. The Hall–Kier alpha value is -2.08. The van der Waals surface area contributed by atoms with Crippen molar-refractivity contribution in [3.63, 3.8) is 0 Å². The van der Waals surface area contributed by atoms with Crippen LogP contribution in [0.3, 0.4) is 0 Å². The van der Waals surface area contributed by atoms with Crippen LogP contribution in [0.1, 0.15) is 4.88 Å². The fourth-order valence-electron chi connectivity index (χ4n) is 1.98. The summed E-state index contributed by atoms with van der Waals surface area (Å²) in [4.78, 5) is 18.8. The van der Waals surface area contributed by atoms with E-state index in [2.05, 4.69) is 10.3 Å². The van der Waals surface area contributed by atoms with Crippen molar-refractivity contribution in [2.45, 2.75) is 12.6 Å². The zero-order valence-electron chi connectivity index (χ0n) is 10.9. The summed E-state index contributed by atoms with van der Waals surface area (Å²) in [7, 11) is 0. The van der Waals surface area contributed by atoms with Crippen molar-refractivity contribution in [2.75, 3.05) is 13.1 Å². The molecule has 2 amide bonds. The van der Waals surface area contributed by atoms with Crippen LogP contribution in [-0.4, -0.2) is 35.1 Å². The van der Waals surface area contributed by atoms with Crippen LogP contribution in [0.25, 0.3) is 0 Å². The molecule has 0 unspecified atom stereocenters. The van der Waals surface area contributed by atoms with Gasteiger partial charge in [0.1, 0.15) is 11.9 Å². The summed E-state index contributed by atoms with van der Waals surface area (Å²) in [6.45, 7) is 1.82. The second kappa shape index (κ2) is 5.92. The van der Waals surface area contributed by atoms with Gasteiger partial charge in [0.25, 0.3) is 0 Å². The minimum atomic E-state index is -0.0376. The number of hydrogen-bond acceptors (Lipinski definition) is 4. The Morgan fingerprint density at radius 1 is 1.45 bits per heavy atom. The molecule has 1 saturated heterocycles. The predicted octanol–water partition coefficient (Wildman–Crippen LogP) is 2.12. The van der Waals surface area contributed by atoms with Crippen LogP contribution in [0.15, 0.2) is 42.0 Å². The number of aromatic nitrogens is 1. The lowest BCUT2D eigenvalue weighted by Gasteiger charge is -2.38. The Kier molecular flexibility index (Phi) is 3.83. The second-order valence-corrected chi connectivity index (χ2v) is 5.60. The van der Waals surface area contributed by atoms with Crippen LogP contribution >= 0.6 is 11.3 Å². The van der Waals surface area contributed by atoms with Gasteiger partial charge < -0.3 is 15.0 Å². The van der Waals surface area contributed by atoms with E-state index in [-0.39, 0.29) is 12.1 Å². The third-order valence-electron chi connectivity index (χ3n) is 3.07. The average molecular weight is 289 g/mol. The Bertz CT molecular complexity index is 553. The minimum absolute atomic E-state index is 0.0376. The molecule has 0 aliphatic carbocycles. The first-order chi connectivity index (χ1) is 9.81. The van der Waals surface area contributed by atoms with Crippen molar-refractivity contribution in [2.24, 2.45) is 0 Å². The Balaban J connectivity index is 1.40. The standard InChI is InChI=1S/C14H15N3O2S/c18-14(16-8-13-4-2-6-20-13)17-9-12(10-17)19-11-3-1-5-15-7-11/h1-7,12H,8-10H2,(H,16,18). The number of thiophene rings is 1. The van der Waals surface area contributed by atoms with Gasteiger partial charge in [-0.1, -0.05) is 6.07 Å². The summed E-state index contributed by atoms with van der Waals surface area (Å²) in [5.74, 6) is 0.746. The second-order valence-electron chi connectivity index (χ2n) is 4.57. The maximum atomic E-state index is 11.9. The van der Waals surface area contributed by atoms with Crippen molar-refractivity contribution < 1.29 is 9.53 Å². The number of rotatable bonds is 4. The molecular weight excluding hydrogens is 274 g/mol. The number of amides is 2. The van der Waals surface area contributed by atoms with Gasteiger partial charge in [0, 0.05) is 11.1 Å². The molecule has 1 N–H and O–H groups in total. The van der Waals surface area contributed by atoms with Gasteiger partial charge in [0.15, 0.2) is 0 Å². The number of nitrogens with zero attached hydrogens (tertiary/aromatic N) is 2. The molecular formula is C14H15N3O2S.